The lowest BCUT2D eigenvalue weighted by Crippen LogP contribution is -2.03. The minimum atomic E-state index is -0.103. The van der Waals surface area contributed by atoms with Gasteiger partial charge in [0.25, 0.3) is 0 Å². The highest BCUT2D eigenvalue weighted by Crippen LogP contribution is 2.25. The Hall–Kier alpha value is -2.49. The summed E-state index contributed by atoms with van der Waals surface area (Å²) in [5, 5.41) is 0. The zero-order valence-electron chi connectivity index (χ0n) is 12.4. The van der Waals surface area contributed by atoms with Crippen molar-refractivity contribution in [2.24, 2.45) is 0 Å². The van der Waals surface area contributed by atoms with Gasteiger partial charge in [0.1, 0.15) is 17.2 Å². The fraction of sp³-hybridized carbons (Fsp3) is 0.235. The summed E-state index contributed by atoms with van der Waals surface area (Å²) in [6.45, 7) is 2.46. The first-order valence-corrected chi connectivity index (χ1v) is 6.68. The first-order chi connectivity index (χ1) is 10.2. The summed E-state index contributed by atoms with van der Waals surface area (Å²) in [7, 11) is 3.11. The van der Waals surface area contributed by atoms with E-state index in [1.54, 1.807) is 50.6 Å². The van der Waals surface area contributed by atoms with Crippen LogP contribution in [-0.4, -0.2) is 26.6 Å². The SMILES string of the molecule is CCOc1cccc(C(=O)c2cc(OC)cc(OC)c2)c1. The van der Waals surface area contributed by atoms with Gasteiger partial charge in [0.15, 0.2) is 5.78 Å². The zero-order chi connectivity index (χ0) is 15.2. The highest BCUT2D eigenvalue weighted by molar-refractivity contribution is 6.09. The minimum Gasteiger partial charge on any atom is -0.497 e. The van der Waals surface area contributed by atoms with Crippen molar-refractivity contribution in [1.29, 1.82) is 0 Å². The summed E-state index contributed by atoms with van der Waals surface area (Å²) in [5.41, 5.74) is 1.08. The number of benzene rings is 2. The number of methoxy groups -OCH3 is 2. The van der Waals surface area contributed by atoms with Crippen molar-refractivity contribution in [2.45, 2.75) is 6.92 Å². The smallest absolute Gasteiger partial charge is 0.193 e. The van der Waals surface area contributed by atoms with Gasteiger partial charge in [-0.05, 0) is 31.2 Å². The molecule has 0 atom stereocenters. The van der Waals surface area contributed by atoms with Crippen LogP contribution in [0.5, 0.6) is 17.2 Å². The molecule has 0 radical (unpaired) electrons. The topological polar surface area (TPSA) is 44.8 Å². The van der Waals surface area contributed by atoms with Crippen molar-refractivity contribution in [3.05, 3.63) is 53.6 Å². The summed E-state index contributed by atoms with van der Waals surface area (Å²) >= 11 is 0. The molecule has 110 valence electrons. The summed E-state index contributed by atoms with van der Waals surface area (Å²) < 4.78 is 15.8. The van der Waals surface area contributed by atoms with E-state index < -0.39 is 0 Å². The first kappa shape index (κ1) is 14.9. The molecule has 0 aliphatic carbocycles. The maximum atomic E-state index is 12.6. The van der Waals surface area contributed by atoms with Gasteiger partial charge in [-0.2, -0.15) is 0 Å². The molecule has 0 aromatic heterocycles. The van der Waals surface area contributed by atoms with Gasteiger partial charge in [-0.15, -0.1) is 0 Å². The Bertz CT molecular complexity index is 612. The van der Waals surface area contributed by atoms with E-state index in [0.717, 1.165) is 0 Å². The van der Waals surface area contributed by atoms with E-state index in [1.165, 1.54) is 0 Å². The second kappa shape index (κ2) is 6.79. The van der Waals surface area contributed by atoms with Crippen molar-refractivity contribution >= 4 is 5.78 Å². The maximum Gasteiger partial charge on any atom is 0.193 e. The van der Waals surface area contributed by atoms with E-state index in [9.17, 15) is 4.79 Å². The molecule has 2 aromatic carbocycles. The lowest BCUT2D eigenvalue weighted by atomic mass is 10.0. The molecule has 0 saturated carbocycles. The molecule has 4 nitrogen and oxygen atoms in total. The molecule has 0 heterocycles. The van der Waals surface area contributed by atoms with Crippen LogP contribution >= 0.6 is 0 Å². The van der Waals surface area contributed by atoms with Gasteiger partial charge in [-0.1, -0.05) is 12.1 Å². The van der Waals surface area contributed by atoms with Crippen LogP contribution in [0.1, 0.15) is 22.8 Å². The molecule has 0 aliphatic rings. The molecule has 4 heteroatoms. The Labute approximate surface area is 124 Å². The van der Waals surface area contributed by atoms with Gasteiger partial charge in [0, 0.05) is 17.2 Å². The average molecular weight is 286 g/mol. The van der Waals surface area contributed by atoms with Crippen molar-refractivity contribution in [1.82, 2.24) is 0 Å². The van der Waals surface area contributed by atoms with Gasteiger partial charge in [-0.25, -0.2) is 0 Å². The number of hydrogen-bond donors (Lipinski definition) is 0. The second-order valence-corrected chi connectivity index (χ2v) is 4.39. The highest BCUT2D eigenvalue weighted by Gasteiger charge is 2.13. The quantitative estimate of drug-likeness (QED) is 0.764. The molecule has 2 aromatic rings. The standard InChI is InChI=1S/C17H18O4/c1-4-21-14-7-5-6-12(8-14)17(18)13-9-15(19-2)11-16(10-13)20-3/h5-11H,4H2,1-3H3. The number of hydrogen-bond acceptors (Lipinski definition) is 4. The molecule has 0 saturated heterocycles. The normalized spacial score (nSPS) is 10.0. The number of carbonyl (C=O) groups excluding carboxylic acids is 1. The van der Waals surface area contributed by atoms with Gasteiger partial charge >= 0.3 is 0 Å². The van der Waals surface area contributed by atoms with Crippen molar-refractivity contribution < 1.29 is 19.0 Å². The molecule has 0 spiro atoms. The lowest BCUT2D eigenvalue weighted by molar-refractivity contribution is 0.103. The predicted octanol–water partition coefficient (Wildman–Crippen LogP) is 3.33. The third kappa shape index (κ3) is 3.54. The van der Waals surface area contributed by atoms with Crippen LogP contribution in [0.4, 0.5) is 0 Å². The Kier molecular flexibility index (Phi) is 4.82. The predicted molar refractivity (Wildman–Crippen MR) is 80.6 cm³/mol. The van der Waals surface area contributed by atoms with E-state index in [-0.39, 0.29) is 5.78 Å². The molecule has 0 N–H and O–H groups in total. The molecule has 21 heavy (non-hydrogen) atoms. The van der Waals surface area contributed by atoms with Crippen molar-refractivity contribution in [3.8, 4) is 17.2 Å². The number of ether oxygens (including phenoxy) is 3. The number of rotatable bonds is 6. The van der Waals surface area contributed by atoms with Crippen LogP contribution in [0.2, 0.25) is 0 Å². The van der Waals surface area contributed by atoms with E-state index in [0.29, 0.717) is 35.0 Å². The van der Waals surface area contributed by atoms with E-state index >= 15 is 0 Å². The Morgan fingerprint density at radius 1 is 0.905 bits per heavy atom. The van der Waals surface area contributed by atoms with Crippen LogP contribution < -0.4 is 14.2 Å². The van der Waals surface area contributed by atoms with Gasteiger partial charge < -0.3 is 14.2 Å². The molecule has 0 amide bonds. The van der Waals surface area contributed by atoms with Gasteiger partial charge in [-0.3, -0.25) is 4.79 Å². The second-order valence-electron chi connectivity index (χ2n) is 4.39. The Morgan fingerprint density at radius 2 is 1.52 bits per heavy atom. The molecule has 0 aliphatic heterocycles. The number of carbonyl (C=O) groups is 1. The fourth-order valence-electron chi connectivity index (χ4n) is 2.00. The summed E-state index contributed by atoms with van der Waals surface area (Å²) in [6.07, 6.45) is 0. The minimum absolute atomic E-state index is 0.103. The van der Waals surface area contributed by atoms with Crippen molar-refractivity contribution in [3.63, 3.8) is 0 Å². The summed E-state index contributed by atoms with van der Waals surface area (Å²) in [4.78, 5) is 12.6. The highest BCUT2D eigenvalue weighted by atomic mass is 16.5. The Balaban J connectivity index is 2.37. The lowest BCUT2D eigenvalue weighted by Gasteiger charge is -2.09. The monoisotopic (exact) mass is 286 g/mol. The average Bonchev–Trinajstić information content (AvgIpc) is 2.54. The zero-order valence-corrected chi connectivity index (χ0v) is 12.4. The van der Waals surface area contributed by atoms with Crippen LogP contribution in [-0.2, 0) is 0 Å². The van der Waals surface area contributed by atoms with Crippen LogP contribution in [0.3, 0.4) is 0 Å². The van der Waals surface area contributed by atoms with E-state index in [2.05, 4.69) is 0 Å². The van der Waals surface area contributed by atoms with E-state index in [4.69, 9.17) is 14.2 Å². The largest absolute Gasteiger partial charge is 0.497 e. The molecule has 2 rings (SSSR count). The van der Waals surface area contributed by atoms with Gasteiger partial charge in [0.2, 0.25) is 0 Å². The van der Waals surface area contributed by atoms with Crippen LogP contribution in [0.15, 0.2) is 42.5 Å². The molecule has 0 fully saturated rings. The summed E-state index contributed by atoms with van der Waals surface area (Å²) in [6, 6.07) is 12.2. The van der Waals surface area contributed by atoms with Crippen LogP contribution in [0, 0.1) is 0 Å². The van der Waals surface area contributed by atoms with Gasteiger partial charge in [0.05, 0.1) is 20.8 Å². The molecular weight excluding hydrogens is 268 g/mol. The Morgan fingerprint density at radius 3 is 2.10 bits per heavy atom. The first-order valence-electron chi connectivity index (χ1n) is 6.68. The summed E-state index contributed by atoms with van der Waals surface area (Å²) in [5.74, 6) is 1.74. The molecule has 0 unspecified atom stereocenters. The van der Waals surface area contributed by atoms with E-state index in [1.807, 2.05) is 13.0 Å². The number of ketones is 1. The van der Waals surface area contributed by atoms with Crippen molar-refractivity contribution in [2.75, 3.05) is 20.8 Å². The fourth-order valence-corrected chi connectivity index (χ4v) is 2.00. The third-order valence-electron chi connectivity index (χ3n) is 3.02. The molecular formula is C17H18O4. The third-order valence-corrected chi connectivity index (χ3v) is 3.02. The molecule has 0 bridgehead atoms. The van der Waals surface area contributed by atoms with Crippen LogP contribution in [0.25, 0.3) is 0 Å². The maximum absolute atomic E-state index is 12.6.